The average molecular weight is 377 g/mol. The number of amides is 2. The van der Waals surface area contributed by atoms with E-state index >= 15 is 0 Å². The van der Waals surface area contributed by atoms with Crippen LogP contribution in [0.4, 0.5) is 10.8 Å². The molecule has 0 saturated carbocycles. The summed E-state index contributed by atoms with van der Waals surface area (Å²) in [7, 11) is 0. The molecule has 1 aromatic heterocycles. The number of thiazole rings is 1. The van der Waals surface area contributed by atoms with Crippen LogP contribution in [0.2, 0.25) is 0 Å². The fourth-order valence-corrected chi connectivity index (χ4v) is 4.01. The van der Waals surface area contributed by atoms with Crippen molar-refractivity contribution < 1.29 is 9.59 Å². The van der Waals surface area contributed by atoms with Gasteiger partial charge in [0.25, 0.3) is 0 Å². The molecule has 0 unspecified atom stereocenters. The maximum Gasteiger partial charge on any atom is 0.230 e. The summed E-state index contributed by atoms with van der Waals surface area (Å²) in [5.74, 6) is -0.0307. The summed E-state index contributed by atoms with van der Waals surface area (Å²) >= 11 is 1.40. The van der Waals surface area contributed by atoms with Gasteiger partial charge < -0.3 is 10.2 Å². The van der Waals surface area contributed by atoms with E-state index in [1.54, 1.807) is 11.8 Å². The molecule has 136 valence electrons. The van der Waals surface area contributed by atoms with Crippen LogP contribution in [0.3, 0.4) is 0 Å². The van der Waals surface area contributed by atoms with Crippen LogP contribution in [0.5, 0.6) is 0 Å². The number of nitrogens with zero attached hydrogens (tertiary/aromatic N) is 2. The molecule has 0 bridgehead atoms. The van der Waals surface area contributed by atoms with E-state index in [4.69, 9.17) is 0 Å². The Bertz CT molecular complexity index is 998. The predicted octanol–water partition coefficient (Wildman–Crippen LogP) is 3.90. The number of carbonyl (C=O) groups is 2. The van der Waals surface area contributed by atoms with E-state index in [9.17, 15) is 9.59 Å². The van der Waals surface area contributed by atoms with Crippen molar-refractivity contribution >= 4 is 34.0 Å². The second kappa shape index (κ2) is 7.32. The molecule has 0 spiro atoms. The topological polar surface area (TPSA) is 62.3 Å². The molecule has 1 aliphatic heterocycles. The van der Waals surface area contributed by atoms with Gasteiger partial charge in [0, 0.05) is 30.1 Å². The number of nitrogens with one attached hydrogen (secondary N) is 1. The highest BCUT2D eigenvalue weighted by Crippen LogP contribution is 2.34. The van der Waals surface area contributed by atoms with Gasteiger partial charge in [0.05, 0.1) is 12.1 Å². The quantitative estimate of drug-likeness (QED) is 0.750. The fourth-order valence-electron chi connectivity index (χ4n) is 3.27. The number of aromatic nitrogens is 1. The van der Waals surface area contributed by atoms with E-state index in [0.29, 0.717) is 11.6 Å². The van der Waals surface area contributed by atoms with Crippen LogP contribution >= 0.6 is 11.3 Å². The van der Waals surface area contributed by atoms with Crippen molar-refractivity contribution in [2.45, 2.75) is 19.8 Å². The Kier molecular flexibility index (Phi) is 4.73. The first-order valence-electron chi connectivity index (χ1n) is 8.81. The zero-order valence-corrected chi connectivity index (χ0v) is 15.8. The maximum absolute atomic E-state index is 12.2. The highest BCUT2D eigenvalue weighted by atomic mass is 32.1. The lowest BCUT2D eigenvalue weighted by Crippen LogP contribution is -2.25. The number of carbonyl (C=O) groups excluding carboxylic acids is 2. The molecule has 1 N–H and O–H groups in total. The minimum Gasteiger partial charge on any atom is -0.312 e. The lowest BCUT2D eigenvalue weighted by Gasteiger charge is -2.15. The molecule has 0 saturated heterocycles. The fraction of sp³-hybridized carbons (Fsp3) is 0.190. The second-order valence-electron chi connectivity index (χ2n) is 6.51. The molecule has 0 aliphatic carbocycles. The van der Waals surface area contributed by atoms with E-state index in [0.717, 1.165) is 35.5 Å². The van der Waals surface area contributed by atoms with Gasteiger partial charge in [0.15, 0.2) is 5.13 Å². The minimum absolute atomic E-state index is 0.0537. The normalized spacial score (nSPS) is 12.7. The van der Waals surface area contributed by atoms with E-state index in [1.807, 2.05) is 47.8 Å². The first kappa shape index (κ1) is 17.4. The molecular formula is C21H19N3O2S. The number of fused-ring (bicyclic) bond motifs is 1. The minimum atomic E-state index is -0.0844. The van der Waals surface area contributed by atoms with Crippen molar-refractivity contribution in [3.63, 3.8) is 0 Å². The molecular weight excluding hydrogens is 358 g/mol. The number of hydrogen-bond acceptors (Lipinski definition) is 4. The highest BCUT2D eigenvalue weighted by molar-refractivity contribution is 7.14. The summed E-state index contributed by atoms with van der Waals surface area (Å²) in [6.45, 7) is 2.32. The Morgan fingerprint density at radius 1 is 1.19 bits per heavy atom. The SMILES string of the molecule is CC(=O)N1CCc2ccc(-c3csc(NC(=O)Cc4ccccc4)n3)cc21. The summed E-state index contributed by atoms with van der Waals surface area (Å²) in [4.78, 5) is 30.3. The maximum atomic E-state index is 12.2. The van der Waals surface area contributed by atoms with Gasteiger partial charge in [-0.15, -0.1) is 11.3 Å². The largest absolute Gasteiger partial charge is 0.312 e. The Hall–Kier alpha value is -2.99. The van der Waals surface area contributed by atoms with Crippen LogP contribution < -0.4 is 10.2 Å². The third-order valence-electron chi connectivity index (χ3n) is 4.61. The van der Waals surface area contributed by atoms with Gasteiger partial charge in [-0.3, -0.25) is 9.59 Å². The van der Waals surface area contributed by atoms with Crippen LogP contribution in [0.25, 0.3) is 11.3 Å². The molecule has 5 nitrogen and oxygen atoms in total. The first-order valence-corrected chi connectivity index (χ1v) is 9.69. The molecule has 1 aliphatic rings. The number of rotatable bonds is 4. The molecule has 2 heterocycles. The number of benzene rings is 2. The van der Waals surface area contributed by atoms with Gasteiger partial charge in [-0.1, -0.05) is 42.5 Å². The summed E-state index contributed by atoms with van der Waals surface area (Å²) < 4.78 is 0. The Labute approximate surface area is 161 Å². The van der Waals surface area contributed by atoms with Crippen molar-refractivity contribution in [3.8, 4) is 11.3 Å². The van der Waals surface area contributed by atoms with Crippen LogP contribution in [0, 0.1) is 0 Å². The molecule has 27 heavy (non-hydrogen) atoms. The summed E-state index contributed by atoms with van der Waals surface area (Å²) in [6, 6.07) is 15.7. The third kappa shape index (κ3) is 3.75. The van der Waals surface area contributed by atoms with Crippen molar-refractivity contribution in [2.24, 2.45) is 0 Å². The second-order valence-corrected chi connectivity index (χ2v) is 7.37. The van der Waals surface area contributed by atoms with Crippen molar-refractivity contribution in [2.75, 3.05) is 16.8 Å². The summed E-state index contributed by atoms with van der Waals surface area (Å²) in [5.41, 5.74) is 4.85. The lowest BCUT2D eigenvalue weighted by molar-refractivity contribution is -0.117. The Morgan fingerprint density at radius 2 is 2.00 bits per heavy atom. The van der Waals surface area contributed by atoms with Crippen molar-refractivity contribution in [1.29, 1.82) is 0 Å². The van der Waals surface area contributed by atoms with Gasteiger partial charge in [-0.05, 0) is 23.6 Å². The molecule has 6 heteroatoms. The van der Waals surface area contributed by atoms with Crippen LogP contribution in [-0.4, -0.2) is 23.3 Å². The molecule has 4 rings (SSSR count). The Balaban J connectivity index is 1.49. The van der Waals surface area contributed by atoms with Crippen molar-refractivity contribution in [3.05, 3.63) is 65.0 Å². The average Bonchev–Trinajstić information content (AvgIpc) is 3.28. The molecule has 0 fully saturated rings. The third-order valence-corrected chi connectivity index (χ3v) is 5.37. The highest BCUT2D eigenvalue weighted by Gasteiger charge is 2.22. The van der Waals surface area contributed by atoms with Crippen LogP contribution in [0.15, 0.2) is 53.9 Å². The van der Waals surface area contributed by atoms with E-state index in [1.165, 1.54) is 16.9 Å². The zero-order chi connectivity index (χ0) is 18.8. The van der Waals surface area contributed by atoms with E-state index < -0.39 is 0 Å². The molecule has 3 aromatic rings. The number of hydrogen-bond donors (Lipinski definition) is 1. The van der Waals surface area contributed by atoms with Gasteiger partial charge in [0.2, 0.25) is 11.8 Å². The first-order chi connectivity index (χ1) is 13.1. The van der Waals surface area contributed by atoms with Crippen LogP contribution in [0.1, 0.15) is 18.1 Å². The van der Waals surface area contributed by atoms with Gasteiger partial charge in [-0.25, -0.2) is 4.98 Å². The standard InChI is InChI=1S/C21H19N3O2S/c1-14(25)24-10-9-16-7-8-17(12-19(16)24)18-13-27-21(22-18)23-20(26)11-15-5-3-2-4-6-15/h2-8,12-13H,9-11H2,1H3,(H,22,23,26). The smallest absolute Gasteiger partial charge is 0.230 e. The van der Waals surface area contributed by atoms with Crippen molar-refractivity contribution in [1.82, 2.24) is 4.98 Å². The van der Waals surface area contributed by atoms with Gasteiger partial charge >= 0.3 is 0 Å². The molecule has 0 atom stereocenters. The van der Waals surface area contributed by atoms with Crippen LogP contribution in [-0.2, 0) is 22.4 Å². The lowest BCUT2D eigenvalue weighted by atomic mass is 10.1. The molecule has 2 amide bonds. The van der Waals surface area contributed by atoms with E-state index in [-0.39, 0.29) is 11.8 Å². The zero-order valence-electron chi connectivity index (χ0n) is 14.9. The molecule has 0 radical (unpaired) electrons. The summed E-state index contributed by atoms with van der Waals surface area (Å²) in [5, 5.41) is 5.37. The number of anilines is 2. The molecule has 2 aromatic carbocycles. The van der Waals surface area contributed by atoms with Gasteiger partial charge in [-0.2, -0.15) is 0 Å². The van der Waals surface area contributed by atoms with Gasteiger partial charge in [0.1, 0.15) is 0 Å². The predicted molar refractivity (Wildman–Crippen MR) is 108 cm³/mol. The monoisotopic (exact) mass is 377 g/mol. The van der Waals surface area contributed by atoms with E-state index in [2.05, 4.69) is 16.4 Å². The summed E-state index contributed by atoms with van der Waals surface area (Å²) in [6.07, 6.45) is 1.20. The Morgan fingerprint density at radius 3 is 2.78 bits per heavy atom.